The summed E-state index contributed by atoms with van der Waals surface area (Å²) >= 11 is 2.36. The van der Waals surface area contributed by atoms with Gasteiger partial charge >= 0.3 is 87.7 Å². The second kappa shape index (κ2) is 3.45. The SMILES string of the molecule is CC(C)(C)C(O)([SeH])c1ccccc1. The van der Waals surface area contributed by atoms with Crippen LogP contribution in [0.25, 0.3) is 0 Å². The van der Waals surface area contributed by atoms with Crippen molar-refractivity contribution in [3.63, 3.8) is 0 Å². The van der Waals surface area contributed by atoms with Crippen molar-refractivity contribution in [2.24, 2.45) is 5.41 Å². The predicted octanol–water partition coefficient (Wildman–Crippen LogP) is 1.78. The van der Waals surface area contributed by atoms with Gasteiger partial charge in [0.2, 0.25) is 0 Å². The standard InChI is InChI=1S/C11H16OSe/c1-10(2,3)11(12,13)9-7-5-4-6-8-9/h4-8,12-13H,1-3H3. The fraction of sp³-hybridized carbons (Fsp3) is 0.455. The molecule has 1 nitrogen and oxygen atoms in total. The van der Waals surface area contributed by atoms with Crippen LogP contribution < -0.4 is 0 Å². The Morgan fingerprint density at radius 2 is 1.54 bits per heavy atom. The summed E-state index contributed by atoms with van der Waals surface area (Å²) in [6.45, 7) is 6.08. The van der Waals surface area contributed by atoms with Crippen LogP contribution in [0.2, 0.25) is 0 Å². The third kappa shape index (κ3) is 2.14. The molecule has 0 aliphatic carbocycles. The van der Waals surface area contributed by atoms with Crippen LogP contribution in [0.3, 0.4) is 0 Å². The third-order valence-electron chi connectivity index (χ3n) is 2.22. The molecule has 0 aliphatic rings. The van der Waals surface area contributed by atoms with Crippen molar-refractivity contribution in [3.05, 3.63) is 35.9 Å². The van der Waals surface area contributed by atoms with E-state index in [0.717, 1.165) is 5.56 Å². The van der Waals surface area contributed by atoms with Crippen LogP contribution >= 0.6 is 0 Å². The first-order chi connectivity index (χ1) is 5.86. The van der Waals surface area contributed by atoms with Crippen LogP contribution in [0.4, 0.5) is 0 Å². The molecule has 0 aliphatic heterocycles. The summed E-state index contributed by atoms with van der Waals surface area (Å²) < 4.78 is -0.832. The van der Waals surface area contributed by atoms with Crippen LogP contribution in [-0.4, -0.2) is 21.1 Å². The molecular formula is C11H16OSe. The Kier molecular flexibility index (Phi) is 2.86. The van der Waals surface area contributed by atoms with E-state index >= 15 is 0 Å². The maximum absolute atomic E-state index is 10.3. The van der Waals surface area contributed by atoms with Crippen LogP contribution in [0.5, 0.6) is 0 Å². The molecule has 0 aromatic heterocycles. The summed E-state index contributed by atoms with van der Waals surface area (Å²) in [7, 11) is 0. The number of hydrogen-bond donors (Lipinski definition) is 1. The molecule has 1 aromatic carbocycles. The van der Waals surface area contributed by atoms with Crippen LogP contribution in [0.1, 0.15) is 26.3 Å². The Hall–Kier alpha value is -0.301. The van der Waals surface area contributed by atoms with E-state index in [0.29, 0.717) is 0 Å². The van der Waals surface area contributed by atoms with Gasteiger partial charge in [0.05, 0.1) is 0 Å². The van der Waals surface area contributed by atoms with Crippen LogP contribution in [0, 0.1) is 5.41 Å². The van der Waals surface area contributed by atoms with E-state index in [1.165, 1.54) is 0 Å². The summed E-state index contributed by atoms with van der Waals surface area (Å²) in [6.07, 6.45) is 0. The Morgan fingerprint density at radius 3 is 1.92 bits per heavy atom. The average Bonchev–Trinajstić information content (AvgIpc) is 2.04. The van der Waals surface area contributed by atoms with E-state index in [9.17, 15) is 5.11 Å². The summed E-state index contributed by atoms with van der Waals surface area (Å²) in [6, 6.07) is 9.74. The number of hydrogen-bond acceptors (Lipinski definition) is 1. The first-order valence-corrected chi connectivity index (χ1v) is 5.30. The fourth-order valence-corrected chi connectivity index (χ4v) is 1.42. The first-order valence-electron chi connectivity index (χ1n) is 4.36. The molecule has 0 bridgehead atoms. The number of rotatable bonds is 1. The normalized spacial score (nSPS) is 16.7. The molecule has 0 fully saturated rings. The molecule has 0 saturated carbocycles. The van der Waals surface area contributed by atoms with Gasteiger partial charge in [-0.2, -0.15) is 0 Å². The topological polar surface area (TPSA) is 20.2 Å². The van der Waals surface area contributed by atoms with Gasteiger partial charge in [0.25, 0.3) is 0 Å². The van der Waals surface area contributed by atoms with E-state index < -0.39 is 4.50 Å². The molecule has 2 heteroatoms. The van der Waals surface area contributed by atoms with Crippen molar-refractivity contribution < 1.29 is 5.11 Å². The van der Waals surface area contributed by atoms with Gasteiger partial charge < -0.3 is 0 Å². The molecule has 1 N–H and O–H groups in total. The Morgan fingerprint density at radius 1 is 1.08 bits per heavy atom. The zero-order chi connectivity index (χ0) is 10.1. The molecular weight excluding hydrogens is 227 g/mol. The Bertz CT molecular complexity index is 272. The molecule has 0 saturated heterocycles. The van der Waals surface area contributed by atoms with Gasteiger partial charge in [-0.15, -0.1) is 0 Å². The minimum atomic E-state index is -0.832. The first kappa shape index (κ1) is 10.8. The molecule has 72 valence electrons. The summed E-state index contributed by atoms with van der Waals surface area (Å²) in [5.41, 5.74) is 0.774. The molecule has 1 aromatic rings. The van der Waals surface area contributed by atoms with Crippen molar-refractivity contribution in [1.82, 2.24) is 0 Å². The van der Waals surface area contributed by atoms with E-state index in [4.69, 9.17) is 0 Å². The summed E-state index contributed by atoms with van der Waals surface area (Å²) in [5.74, 6) is 0. The van der Waals surface area contributed by atoms with Crippen LogP contribution in [-0.2, 0) is 4.50 Å². The van der Waals surface area contributed by atoms with E-state index in [2.05, 4.69) is 16.0 Å². The average molecular weight is 243 g/mol. The van der Waals surface area contributed by atoms with Gasteiger partial charge in [-0.1, -0.05) is 0 Å². The van der Waals surface area contributed by atoms with Gasteiger partial charge in [0.1, 0.15) is 0 Å². The molecule has 0 amide bonds. The Labute approximate surface area is 88.0 Å². The van der Waals surface area contributed by atoms with Crippen molar-refractivity contribution in [2.45, 2.75) is 25.3 Å². The molecule has 0 spiro atoms. The van der Waals surface area contributed by atoms with E-state index in [1.54, 1.807) is 0 Å². The van der Waals surface area contributed by atoms with Crippen molar-refractivity contribution in [3.8, 4) is 0 Å². The zero-order valence-electron chi connectivity index (χ0n) is 8.28. The maximum atomic E-state index is 10.3. The van der Waals surface area contributed by atoms with Gasteiger partial charge in [-0.05, 0) is 0 Å². The third-order valence-corrected chi connectivity index (χ3v) is 4.17. The Balaban J connectivity index is 3.08. The molecule has 1 rings (SSSR count). The zero-order valence-corrected chi connectivity index (χ0v) is 10.2. The van der Waals surface area contributed by atoms with Crippen LogP contribution in [0.15, 0.2) is 30.3 Å². The predicted molar refractivity (Wildman–Crippen MR) is 56.9 cm³/mol. The summed E-state index contributed by atoms with van der Waals surface area (Å²) in [4.78, 5) is 0. The molecule has 1 atom stereocenters. The molecule has 13 heavy (non-hydrogen) atoms. The molecule has 0 heterocycles. The van der Waals surface area contributed by atoms with Gasteiger partial charge in [0, 0.05) is 0 Å². The monoisotopic (exact) mass is 244 g/mol. The van der Waals surface area contributed by atoms with Crippen molar-refractivity contribution in [2.75, 3.05) is 0 Å². The van der Waals surface area contributed by atoms with E-state index in [-0.39, 0.29) is 5.41 Å². The fourth-order valence-electron chi connectivity index (χ4n) is 1.10. The number of aliphatic hydroxyl groups is 1. The molecule has 0 radical (unpaired) electrons. The quantitative estimate of drug-likeness (QED) is 0.745. The molecule has 1 unspecified atom stereocenters. The summed E-state index contributed by atoms with van der Waals surface area (Å²) in [5, 5.41) is 10.3. The van der Waals surface area contributed by atoms with Gasteiger partial charge in [-0.25, -0.2) is 0 Å². The second-order valence-electron chi connectivity index (χ2n) is 4.29. The second-order valence-corrected chi connectivity index (χ2v) is 5.65. The van der Waals surface area contributed by atoms with Crippen molar-refractivity contribution >= 4 is 16.0 Å². The number of benzene rings is 1. The van der Waals surface area contributed by atoms with Crippen molar-refractivity contribution in [1.29, 1.82) is 0 Å². The minimum absolute atomic E-state index is 0.172. The van der Waals surface area contributed by atoms with Gasteiger partial charge in [0.15, 0.2) is 0 Å². The van der Waals surface area contributed by atoms with Gasteiger partial charge in [-0.3, -0.25) is 0 Å². The van der Waals surface area contributed by atoms with E-state index in [1.807, 2.05) is 51.1 Å².